The van der Waals surface area contributed by atoms with Crippen LogP contribution in [0.5, 0.6) is 17.2 Å². The first kappa shape index (κ1) is 25.7. The molecule has 3 rings (SSSR count). The van der Waals surface area contributed by atoms with E-state index in [4.69, 9.17) is 18.6 Å². The topological polar surface area (TPSA) is 107 Å². The fourth-order valence-corrected chi connectivity index (χ4v) is 3.92. The van der Waals surface area contributed by atoms with Crippen molar-refractivity contribution in [1.29, 1.82) is 0 Å². The zero-order valence-electron chi connectivity index (χ0n) is 20.6. The van der Waals surface area contributed by atoms with Gasteiger partial charge in [-0.2, -0.15) is 0 Å². The van der Waals surface area contributed by atoms with E-state index in [-0.39, 0.29) is 0 Å². The number of carbonyl (C=O) groups excluding carboxylic acids is 1. The molecule has 3 aromatic rings. The number of aliphatic carboxylic acids is 1. The molecule has 0 spiro atoms. The lowest BCUT2D eigenvalue weighted by Gasteiger charge is -2.14. The second-order valence-corrected chi connectivity index (χ2v) is 8.13. The summed E-state index contributed by atoms with van der Waals surface area (Å²) in [6.07, 6.45) is 4.96. The van der Waals surface area contributed by atoms with E-state index in [1.165, 1.54) is 13.2 Å². The lowest BCUT2D eigenvalue weighted by Crippen LogP contribution is -2.40. The Morgan fingerprint density at radius 1 is 1.06 bits per heavy atom. The molecule has 8 nitrogen and oxygen atoms in total. The van der Waals surface area contributed by atoms with Crippen LogP contribution in [0.4, 0.5) is 0 Å². The number of methoxy groups -OCH3 is 3. The molecule has 0 aliphatic carbocycles. The van der Waals surface area contributed by atoms with E-state index in [1.54, 1.807) is 33.5 Å². The second-order valence-electron chi connectivity index (χ2n) is 8.13. The summed E-state index contributed by atoms with van der Waals surface area (Å²) in [5.74, 6) is 0.331. The smallest absolute Gasteiger partial charge is 0.326 e. The lowest BCUT2D eigenvalue weighted by molar-refractivity contribution is -0.141. The average molecular weight is 482 g/mol. The van der Waals surface area contributed by atoms with Gasteiger partial charge in [0.25, 0.3) is 0 Å². The minimum absolute atomic E-state index is 0.375. The van der Waals surface area contributed by atoms with Gasteiger partial charge in [0.2, 0.25) is 5.91 Å². The highest BCUT2D eigenvalue weighted by Gasteiger charge is 2.20. The first-order chi connectivity index (χ1) is 16.8. The average Bonchev–Trinajstić information content (AvgIpc) is 3.27. The molecule has 0 saturated carbocycles. The zero-order valence-corrected chi connectivity index (χ0v) is 20.6. The van der Waals surface area contributed by atoms with Crippen LogP contribution in [0.25, 0.3) is 27.7 Å². The van der Waals surface area contributed by atoms with Gasteiger partial charge in [-0.3, -0.25) is 4.79 Å². The number of allylic oxidation sites excluding steroid dienone is 1. The van der Waals surface area contributed by atoms with Gasteiger partial charge in [-0.1, -0.05) is 19.8 Å². The molecule has 0 radical (unpaired) electrons. The number of benzene rings is 2. The molecule has 0 bridgehead atoms. The molecule has 0 aliphatic heterocycles. The molecular weight excluding hydrogens is 450 g/mol. The van der Waals surface area contributed by atoms with Crippen molar-refractivity contribution in [2.75, 3.05) is 21.3 Å². The van der Waals surface area contributed by atoms with E-state index in [2.05, 4.69) is 5.32 Å². The fraction of sp³-hybridized carbons (Fsp3) is 0.333. The van der Waals surface area contributed by atoms with Crippen molar-refractivity contribution >= 4 is 28.4 Å². The fourth-order valence-electron chi connectivity index (χ4n) is 3.92. The van der Waals surface area contributed by atoms with E-state index < -0.39 is 17.9 Å². The number of unbranched alkanes of at least 4 members (excludes halogenated alkanes) is 1. The molecule has 0 saturated heterocycles. The highest BCUT2D eigenvalue weighted by atomic mass is 16.5. The number of carboxylic acid groups (broad SMARTS) is 1. The summed E-state index contributed by atoms with van der Waals surface area (Å²) in [5, 5.41) is 12.8. The Balaban J connectivity index is 2.03. The van der Waals surface area contributed by atoms with Gasteiger partial charge in [0.05, 0.1) is 27.6 Å². The van der Waals surface area contributed by atoms with Crippen LogP contribution in [-0.2, 0) is 9.59 Å². The van der Waals surface area contributed by atoms with Crippen LogP contribution in [0.2, 0.25) is 0 Å². The van der Waals surface area contributed by atoms with Crippen LogP contribution < -0.4 is 19.5 Å². The van der Waals surface area contributed by atoms with Gasteiger partial charge < -0.3 is 29.1 Å². The SMILES string of the molecule is CCCCC(NC(=O)/C=C(\C)c1cc2c(-c3cc(OC)ccc3OC)coc2cc1OC)C(=O)O. The Bertz CT molecular complexity index is 1240. The van der Waals surface area contributed by atoms with E-state index in [0.29, 0.717) is 46.8 Å². The first-order valence-electron chi connectivity index (χ1n) is 11.4. The molecule has 2 N–H and O–H groups in total. The van der Waals surface area contributed by atoms with Gasteiger partial charge >= 0.3 is 5.97 Å². The van der Waals surface area contributed by atoms with Gasteiger partial charge in [0.15, 0.2) is 0 Å². The predicted octanol–water partition coefficient (Wildman–Crippen LogP) is 5.29. The molecule has 1 aromatic heterocycles. The van der Waals surface area contributed by atoms with Gasteiger partial charge in [0.1, 0.15) is 28.9 Å². The van der Waals surface area contributed by atoms with E-state index in [0.717, 1.165) is 22.9 Å². The maximum atomic E-state index is 12.6. The molecule has 1 atom stereocenters. The van der Waals surface area contributed by atoms with Crippen molar-refractivity contribution in [2.24, 2.45) is 0 Å². The number of carbonyl (C=O) groups is 2. The Hall–Kier alpha value is -3.94. The molecule has 186 valence electrons. The number of rotatable bonds is 11. The maximum Gasteiger partial charge on any atom is 0.326 e. The number of carboxylic acids is 1. The number of hydrogen-bond donors (Lipinski definition) is 2. The van der Waals surface area contributed by atoms with Crippen LogP contribution in [0.15, 0.2) is 47.1 Å². The highest BCUT2D eigenvalue weighted by molar-refractivity contribution is 6.01. The van der Waals surface area contributed by atoms with Crippen molar-refractivity contribution < 1.29 is 33.3 Å². The van der Waals surface area contributed by atoms with E-state index in [9.17, 15) is 14.7 Å². The molecule has 0 aliphatic rings. The largest absolute Gasteiger partial charge is 0.497 e. The Labute approximate surface area is 204 Å². The highest BCUT2D eigenvalue weighted by Crippen LogP contribution is 2.41. The zero-order chi connectivity index (χ0) is 25.5. The number of fused-ring (bicyclic) bond motifs is 1. The number of furan rings is 1. The molecule has 2 aromatic carbocycles. The van der Waals surface area contributed by atoms with Crippen molar-refractivity contribution in [3.63, 3.8) is 0 Å². The van der Waals surface area contributed by atoms with E-state index >= 15 is 0 Å². The summed E-state index contributed by atoms with van der Waals surface area (Å²) in [7, 11) is 4.73. The molecule has 1 heterocycles. The molecule has 0 fully saturated rings. The predicted molar refractivity (Wildman–Crippen MR) is 134 cm³/mol. The summed E-state index contributed by atoms with van der Waals surface area (Å²) < 4.78 is 22.3. The minimum atomic E-state index is -1.05. The van der Waals surface area contributed by atoms with Crippen LogP contribution in [-0.4, -0.2) is 44.4 Å². The molecule has 8 heteroatoms. The Morgan fingerprint density at radius 3 is 2.43 bits per heavy atom. The van der Waals surface area contributed by atoms with Crippen LogP contribution in [0.3, 0.4) is 0 Å². The van der Waals surface area contributed by atoms with Gasteiger partial charge in [-0.25, -0.2) is 4.79 Å². The maximum absolute atomic E-state index is 12.6. The van der Waals surface area contributed by atoms with Gasteiger partial charge in [0, 0.05) is 34.2 Å². The molecule has 35 heavy (non-hydrogen) atoms. The van der Waals surface area contributed by atoms with Crippen molar-refractivity contribution in [2.45, 2.75) is 39.2 Å². The second kappa shape index (κ2) is 11.5. The molecule has 1 amide bonds. The van der Waals surface area contributed by atoms with Crippen molar-refractivity contribution in [3.05, 3.63) is 48.2 Å². The first-order valence-corrected chi connectivity index (χ1v) is 11.4. The minimum Gasteiger partial charge on any atom is -0.497 e. The van der Waals surface area contributed by atoms with Crippen LogP contribution in [0.1, 0.15) is 38.7 Å². The normalized spacial score (nSPS) is 12.3. The number of hydrogen-bond acceptors (Lipinski definition) is 6. The third-order valence-corrected chi connectivity index (χ3v) is 5.83. The number of nitrogens with one attached hydrogen (secondary N) is 1. The number of ether oxygens (including phenoxy) is 3. The molecule has 1 unspecified atom stereocenters. The standard InChI is InChI=1S/C27H31NO7/c1-6-7-8-22(27(30)31)28-26(29)11-16(2)18-13-20-21(15-35-25(20)14-24(18)34-5)19-12-17(32-3)9-10-23(19)33-4/h9-15,22H,6-8H2,1-5H3,(H,28,29)(H,30,31)/b16-11+. The summed E-state index contributed by atoms with van der Waals surface area (Å²) in [4.78, 5) is 24.1. The summed E-state index contributed by atoms with van der Waals surface area (Å²) in [5.41, 5.74) is 3.49. The van der Waals surface area contributed by atoms with Crippen LogP contribution in [0, 0.1) is 0 Å². The van der Waals surface area contributed by atoms with Crippen LogP contribution >= 0.6 is 0 Å². The number of amides is 1. The quantitative estimate of drug-likeness (QED) is 0.358. The lowest BCUT2D eigenvalue weighted by atomic mass is 9.98. The molecular formula is C27H31NO7. The van der Waals surface area contributed by atoms with Crippen molar-refractivity contribution in [1.82, 2.24) is 5.32 Å². The monoisotopic (exact) mass is 481 g/mol. The third-order valence-electron chi connectivity index (χ3n) is 5.83. The van der Waals surface area contributed by atoms with Gasteiger partial charge in [-0.05, 0) is 43.2 Å². The van der Waals surface area contributed by atoms with E-state index in [1.807, 2.05) is 31.2 Å². The third kappa shape index (κ3) is 5.77. The summed E-state index contributed by atoms with van der Waals surface area (Å²) >= 11 is 0. The Morgan fingerprint density at radius 2 is 1.80 bits per heavy atom. The summed E-state index contributed by atoms with van der Waals surface area (Å²) in [6, 6.07) is 8.22. The Kier molecular flexibility index (Phi) is 8.41. The van der Waals surface area contributed by atoms with Crippen molar-refractivity contribution in [3.8, 4) is 28.4 Å². The summed E-state index contributed by atoms with van der Waals surface area (Å²) in [6.45, 7) is 3.75. The van der Waals surface area contributed by atoms with Gasteiger partial charge in [-0.15, -0.1) is 0 Å².